The molecule has 0 saturated carbocycles. The Kier molecular flexibility index (Phi) is 6.38. The lowest BCUT2D eigenvalue weighted by Gasteiger charge is -2.08. The molecule has 0 aromatic carbocycles. The molecule has 0 fully saturated rings. The van der Waals surface area contributed by atoms with Gasteiger partial charge < -0.3 is 10.6 Å². The van der Waals surface area contributed by atoms with Crippen molar-refractivity contribution in [3.05, 3.63) is 18.2 Å². The van der Waals surface area contributed by atoms with Gasteiger partial charge in [0.25, 0.3) is 0 Å². The largest absolute Gasteiger partial charge is 0.370 e. The Morgan fingerprint density at radius 1 is 0.938 bits per heavy atom. The Labute approximate surface area is 98.7 Å². The second kappa shape index (κ2) is 7.97. The summed E-state index contributed by atoms with van der Waals surface area (Å²) in [6, 6.07) is 6.07. The van der Waals surface area contributed by atoms with Crippen LogP contribution in [0.25, 0.3) is 0 Å². The van der Waals surface area contributed by atoms with Crippen LogP contribution in [0.3, 0.4) is 0 Å². The fourth-order valence-electron chi connectivity index (χ4n) is 1.42. The van der Waals surface area contributed by atoms with Crippen LogP contribution in [0.2, 0.25) is 0 Å². The van der Waals surface area contributed by atoms with Crippen molar-refractivity contribution >= 4 is 11.6 Å². The second-order valence-electron chi connectivity index (χ2n) is 3.97. The third kappa shape index (κ3) is 5.01. The maximum absolute atomic E-state index is 4.49. The molecule has 0 saturated heterocycles. The summed E-state index contributed by atoms with van der Waals surface area (Å²) < 4.78 is 0. The predicted molar refractivity (Wildman–Crippen MR) is 71.0 cm³/mol. The molecule has 1 aromatic heterocycles. The molecule has 1 rings (SSSR count). The lowest BCUT2D eigenvalue weighted by Crippen LogP contribution is -2.06. The first-order valence-corrected chi connectivity index (χ1v) is 6.31. The molecular weight excluding hydrogens is 198 g/mol. The third-order valence-corrected chi connectivity index (χ3v) is 2.42. The predicted octanol–water partition coefficient (Wildman–Crippen LogP) is 3.51. The molecule has 0 aliphatic rings. The van der Waals surface area contributed by atoms with Crippen LogP contribution in [0.4, 0.5) is 11.6 Å². The van der Waals surface area contributed by atoms with Gasteiger partial charge in [0.1, 0.15) is 11.6 Å². The van der Waals surface area contributed by atoms with Gasteiger partial charge >= 0.3 is 0 Å². The highest BCUT2D eigenvalue weighted by molar-refractivity contribution is 5.44. The second-order valence-corrected chi connectivity index (χ2v) is 3.97. The fourth-order valence-corrected chi connectivity index (χ4v) is 1.42. The lowest BCUT2D eigenvalue weighted by atomic mass is 10.3. The van der Waals surface area contributed by atoms with Gasteiger partial charge in [-0.05, 0) is 25.0 Å². The van der Waals surface area contributed by atoms with Crippen LogP contribution in [0, 0.1) is 0 Å². The van der Waals surface area contributed by atoms with E-state index >= 15 is 0 Å². The highest BCUT2D eigenvalue weighted by Gasteiger charge is 1.95. The van der Waals surface area contributed by atoms with E-state index in [0.29, 0.717) is 0 Å². The molecule has 0 unspecified atom stereocenters. The number of pyridine rings is 1. The molecule has 3 nitrogen and oxygen atoms in total. The molecule has 0 radical (unpaired) electrons. The number of nitrogens with one attached hydrogen (secondary N) is 2. The number of rotatable bonds is 8. The Morgan fingerprint density at radius 3 is 1.88 bits per heavy atom. The summed E-state index contributed by atoms with van der Waals surface area (Å²) in [5, 5.41) is 6.65. The summed E-state index contributed by atoms with van der Waals surface area (Å²) in [6.07, 6.45) is 4.80. The molecule has 3 heteroatoms. The van der Waals surface area contributed by atoms with Crippen molar-refractivity contribution in [2.45, 2.75) is 39.5 Å². The summed E-state index contributed by atoms with van der Waals surface area (Å²) >= 11 is 0. The number of hydrogen-bond acceptors (Lipinski definition) is 3. The zero-order chi connectivity index (χ0) is 11.6. The minimum Gasteiger partial charge on any atom is -0.370 e. The molecule has 90 valence electrons. The number of nitrogens with zero attached hydrogens (tertiary/aromatic N) is 1. The first-order valence-electron chi connectivity index (χ1n) is 6.31. The van der Waals surface area contributed by atoms with E-state index < -0.39 is 0 Å². The van der Waals surface area contributed by atoms with Gasteiger partial charge in [-0.15, -0.1) is 0 Å². The molecule has 16 heavy (non-hydrogen) atoms. The van der Waals surface area contributed by atoms with Gasteiger partial charge in [-0.3, -0.25) is 0 Å². The smallest absolute Gasteiger partial charge is 0.128 e. The summed E-state index contributed by atoms with van der Waals surface area (Å²) in [7, 11) is 0. The Hall–Kier alpha value is -1.25. The maximum Gasteiger partial charge on any atom is 0.128 e. The Morgan fingerprint density at radius 2 is 1.44 bits per heavy atom. The lowest BCUT2D eigenvalue weighted by molar-refractivity contribution is 0.826. The number of anilines is 2. The topological polar surface area (TPSA) is 37.0 Å². The molecule has 0 aliphatic carbocycles. The molecule has 0 amide bonds. The molecule has 1 heterocycles. The fraction of sp³-hybridized carbons (Fsp3) is 0.615. The summed E-state index contributed by atoms with van der Waals surface area (Å²) in [5.41, 5.74) is 0. The van der Waals surface area contributed by atoms with Crippen molar-refractivity contribution in [1.82, 2.24) is 4.98 Å². The molecular formula is C13H23N3. The minimum atomic E-state index is 0.968. The van der Waals surface area contributed by atoms with Crippen LogP contribution in [-0.4, -0.2) is 18.1 Å². The molecule has 0 spiro atoms. The summed E-state index contributed by atoms with van der Waals surface area (Å²) in [6.45, 7) is 6.39. The third-order valence-electron chi connectivity index (χ3n) is 2.42. The van der Waals surface area contributed by atoms with Crippen LogP contribution in [0.5, 0.6) is 0 Å². The molecule has 1 aromatic rings. The van der Waals surface area contributed by atoms with Crippen LogP contribution < -0.4 is 10.6 Å². The first kappa shape index (κ1) is 12.8. The van der Waals surface area contributed by atoms with Gasteiger partial charge in [-0.1, -0.05) is 32.8 Å². The first-order chi connectivity index (χ1) is 7.86. The normalized spacial score (nSPS) is 10.1. The minimum absolute atomic E-state index is 0.968. The van der Waals surface area contributed by atoms with Crippen molar-refractivity contribution in [1.29, 1.82) is 0 Å². The molecule has 0 aliphatic heterocycles. The van der Waals surface area contributed by atoms with Crippen molar-refractivity contribution in [3.8, 4) is 0 Å². The van der Waals surface area contributed by atoms with E-state index in [1.807, 2.05) is 18.2 Å². The average molecular weight is 221 g/mol. The molecule has 0 bridgehead atoms. The van der Waals surface area contributed by atoms with Crippen LogP contribution in [-0.2, 0) is 0 Å². The molecule has 2 N–H and O–H groups in total. The monoisotopic (exact) mass is 221 g/mol. The van der Waals surface area contributed by atoms with E-state index in [9.17, 15) is 0 Å². The summed E-state index contributed by atoms with van der Waals surface area (Å²) in [5.74, 6) is 1.94. The van der Waals surface area contributed by atoms with Crippen molar-refractivity contribution in [2.24, 2.45) is 0 Å². The van der Waals surface area contributed by atoms with E-state index in [-0.39, 0.29) is 0 Å². The van der Waals surface area contributed by atoms with E-state index in [1.54, 1.807) is 0 Å². The van der Waals surface area contributed by atoms with Crippen molar-refractivity contribution in [2.75, 3.05) is 23.7 Å². The van der Waals surface area contributed by atoms with E-state index in [4.69, 9.17) is 0 Å². The maximum atomic E-state index is 4.49. The Balaban J connectivity index is 2.37. The van der Waals surface area contributed by atoms with Crippen LogP contribution in [0.15, 0.2) is 18.2 Å². The number of hydrogen-bond donors (Lipinski definition) is 2. The number of aromatic nitrogens is 1. The molecule has 0 atom stereocenters. The Bertz CT molecular complexity index is 261. The van der Waals surface area contributed by atoms with Crippen molar-refractivity contribution < 1.29 is 0 Å². The van der Waals surface area contributed by atoms with Gasteiger partial charge in [-0.25, -0.2) is 4.98 Å². The zero-order valence-corrected chi connectivity index (χ0v) is 10.4. The standard InChI is InChI=1S/C13H23N3/c1-3-5-10-14-12-8-7-9-13(16-12)15-11-6-4-2/h7-9H,3-6,10-11H2,1-2H3,(H2,14,15,16). The van der Waals surface area contributed by atoms with E-state index in [0.717, 1.165) is 24.7 Å². The van der Waals surface area contributed by atoms with E-state index in [1.165, 1.54) is 25.7 Å². The van der Waals surface area contributed by atoms with Gasteiger partial charge in [0, 0.05) is 13.1 Å². The van der Waals surface area contributed by atoms with Gasteiger partial charge in [0.05, 0.1) is 0 Å². The highest BCUT2D eigenvalue weighted by Crippen LogP contribution is 2.09. The zero-order valence-electron chi connectivity index (χ0n) is 10.4. The van der Waals surface area contributed by atoms with Gasteiger partial charge in [0.15, 0.2) is 0 Å². The van der Waals surface area contributed by atoms with Gasteiger partial charge in [0.2, 0.25) is 0 Å². The van der Waals surface area contributed by atoms with Crippen LogP contribution >= 0.6 is 0 Å². The van der Waals surface area contributed by atoms with Crippen LogP contribution in [0.1, 0.15) is 39.5 Å². The quantitative estimate of drug-likeness (QED) is 0.660. The highest BCUT2D eigenvalue weighted by atomic mass is 15.1. The van der Waals surface area contributed by atoms with Crippen molar-refractivity contribution in [3.63, 3.8) is 0 Å². The van der Waals surface area contributed by atoms with E-state index in [2.05, 4.69) is 29.5 Å². The van der Waals surface area contributed by atoms with Gasteiger partial charge in [-0.2, -0.15) is 0 Å². The average Bonchev–Trinajstić information content (AvgIpc) is 2.30. The number of unbranched alkanes of at least 4 members (excludes halogenated alkanes) is 2. The SMILES string of the molecule is CCCCNc1cccc(NCCCC)n1. The summed E-state index contributed by atoms with van der Waals surface area (Å²) in [4.78, 5) is 4.49.